The number of rotatable bonds is 9. The Morgan fingerprint density at radius 2 is 1.70 bits per heavy atom. The highest BCUT2D eigenvalue weighted by molar-refractivity contribution is 7.99. The minimum absolute atomic E-state index is 0.127. The molecule has 1 aliphatic heterocycles. The van der Waals surface area contributed by atoms with E-state index in [0.29, 0.717) is 6.10 Å². The summed E-state index contributed by atoms with van der Waals surface area (Å²) in [6.07, 6.45) is 9.87. The molecule has 3 rings (SSSR count). The van der Waals surface area contributed by atoms with E-state index in [-0.39, 0.29) is 5.60 Å². The summed E-state index contributed by atoms with van der Waals surface area (Å²) in [5, 5.41) is 2.64. The molecule has 1 aliphatic rings. The first kappa shape index (κ1) is 20.2. The van der Waals surface area contributed by atoms with Crippen molar-refractivity contribution in [3.63, 3.8) is 0 Å². The van der Waals surface area contributed by atoms with Gasteiger partial charge in [0.2, 0.25) is 0 Å². The lowest BCUT2D eigenvalue weighted by atomic mass is 10.0. The lowest BCUT2D eigenvalue weighted by Gasteiger charge is -2.04. The van der Waals surface area contributed by atoms with E-state index in [0.717, 1.165) is 31.4 Å². The number of fused-ring (bicyclic) bond motifs is 1. The van der Waals surface area contributed by atoms with Crippen molar-refractivity contribution in [2.24, 2.45) is 0 Å². The topological polar surface area (TPSA) is 12.5 Å². The van der Waals surface area contributed by atoms with E-state index in [2.05, 4.69) is 82.3 Å². The summed E-state index contributed by atoms with van der Waals surface area (Å²) in [6, 6.07) is 15.3. The van der Waals surface area contributed by atoms with E-state index >= 15 is 0 Å². The summed E-state index contributed by atoms with van der Waals surface area (Å²) in [6.45, 7) is 8.87. The first-order valence-electron chi connectivity index (χ1n) is 10.0. The molecule has 1 fully saturated rings. The number of allylic oxidation sites excluding steroid dienone is 3. The molecule has 2 aromatic rings. The maximum absolute atomic E-state index is 5.66. The van der Waals surface area contributed by atoms with E-state index in [1.807, 2.05) is 11.8 Å². The average molecular weight is 381 g/mol. The fourth-order valence-electron chi connectivity index (χ4n) is 3.39. The highest BCUT2D eigenvalue weighted by Crippen LogP contribution is 2.39. The van der Waals surface area contributed by atoms with Crippen molar-refractivity contribution < 1.29 is 4.74 Å². The molecule has 1 unspecified atom stereocenters. The molecule has 0 bridgehead atoms. The van der Waals surface area contributed by atoms with Crippen LogP contribution in [0.3, 0.4) is 0 Å². The van der Waals surface area contributed by atoms with Gasteiger partial charge in [0, 0.05) is 10.6 Å². The second kappa shape index (κ2) is 9.12. The largest absolute Gasteiger partial charge is 0.367 e. The van der Waals surface area contributed by atoms with Crippen LogP contribution < -0.4 is 0 Å². The molecule has 1 atom stereocenters. The molecule has 0 spiro atoms. The lowest BCUT2D eigenvalue weighted by molar-refractivity contribution is 0.320. The summed E-state index contributed by atoms with van der Waals surface area (Å²) in [7, 11) is 0. The Hall–Kier alpha value is -1.51. The van der Waals surface area contributed by atoms with Crippen molar-refractivity contribution in [2.45, 2.75) is 70.0 Å². The van der Waals surface area contributed by atoms with Crippen LogP contribution >= 0.6 is 11.8 Å². The van der Waals surface area contributed by atoms with Gasteiger partial charge in [-0.3, -0.25) is 0 Å². The standard InChI is InChI=1S/C25H32OS/c1-19(12-15-24-25(3,4)26-24)8-7-9-20(2)16-17-27-23-14-13-21-10-5-6-11-22(21)18-23/h5-6,8,10-11,13-14,16,18,24H,7,9,12,15,17H2,1-4H3. The van der Waals surface area contributed by atoms with Gasteiger partial charge in [0.15, 0.2) is 0 Å². The summed E-state index contributed by atoms with van der Waals surface area (Å²) >= 11 is 1.92. The lowest BCUT2D eigenvalue weighted by Crippen LogP contribution is -2.02. The van der Waals surface area contributed by atoms with Gasteiger partial charge >= 0.3 is 0 Å². The number of hydrogen-bond acceptors (Lipinski definition) is 2. The number of thioether (sulfide) groups is 1. The van der Waals surface area contributed by atoms with E-state index in [1.165, 1.54) is 26.8 Å². The van der Waals surface area contributed by atoms with Crippen molar-refractivity contribution in [2.75, 3.05) is 5.75 Å². The van der Waals surface area contributed by atoms with E-state index < -0.39 is 0 Å². The minimum Gasteiger partial charge on any atom is -0.367 e. The third kappa shape index (κ3) is 6.26. The summed E-state index contributed by atoms with van der Waals surface area (Å²) < 4.78 is 5.66. The van der Waals surface area contributed by atoms with Crippen LogP contribution in [0.5, 0.6) is 0 Å². The van der Waals surface area contributed by atoms with Gasteiger partial charge in [-0.05, 0) is 76.3 Å². The molecular weight excluding hydrogens is 348 g/mol. The monoisotopic (exact) mass is 380 g/mol. The van der Waals surface area contributed by atoms with Crippen LogP contribution in [0.25, 0.3) is 10.8 Å². The van der Waals surface area contributed by atoms with Crippen molar-refractivity contribution in [3.05, 3.63) is 65.8 Å². The maximum atomic E-state index is 5.66. The van der Waals surface area contributed by atoms with Crippen molar-refractivity contribution in [1.82, 2.24) is 0 Å². The van der Waals surface area contributed by atoms with Crippen molar-refractivity contribution in [3.8, 4) is 0 Å². The molecule has 2 heteroatoms. The first-order chi connectivity index (χ1) is 12.9. The van der Waals surface area contributed by atoms with Crippen molar-refractivity contribution in [1.29, 1.82) is 0 Å². The Morgan fingerprint density at radius 3 is 2.44 bits per heavy atom. The first-order valence-corrected chi connectivity index (χ1v) is 11.0. The van der Waals surface area contributed by atoms with Gasteiger partial charge in [0.1, 0.15) is 0 Å². The van der Waals surface area contributed by atoms with Crippen LogP contribution in [0, 0.1) is 0 Å². The fraction of sp³-hybridized carbons (Fsp3) is 0.440. The normalized spacial score (nSPS) is 19.5. The molecule has 1 heterocycles. The molecule has 0 N–H and O–H groups in total. The number of ether oxygens (including phenoxy) is 1. The second-order valence-electron chi connectivity index (χ2n) is 8.21. The molecule has 2 aromatic carbocycles. The van der Waals surface area contributed by atoms with Crippen LogP contribution in [0.1, 0.15) is 53.4 Å². The molecule has 144 valence electrons. The summed E-state index contributed by atoms with van der Waals surface area (Å²) in [5.41, 5.74) is 3.11. The Labute approximate surface area is 168 Å². The van der Waals surface area contributed by atoms with E-state index in [9.17, 15) is 0 Å². The molecule has 0 saturated carbocycles. The highest BCUT2D eigenvalue weighted by atomic mass is 32.2. The van der Waals surface area contributed by atoms with Gasteiger partial charge in [0.25, 0.3) is 0 Å². The summed E-state index contributed by atoms with van der Waals surface area (Å²) in [4.78, 5) is 1.35. The Kier molecular flexibility index (Phi) is 6.83. The zero-order chi connectivity index (χ0) is 19.3. The second-order valence-corrected chi connectivity index (χ2v) is 9.30. The van der Waals surface area contributed by atoms with Crippen LogP contribution in [0.4, 0.5) is 0 Å². The summed E-state index contributed by atoms with van der Waals surface area (Å²) in [5.74, 6) is 1.04. The molecule has 0 aliphatic carbocycles. The fourth-order valence-corrected chi connectivity index (χ4v) is 4.32. The smallest absolute Gasteiger partial charge is 0.0892 e. The molecular formula is C25H32OS. The number of epoxide rings is 1. The molecule has 0 radical (unpaired) electrons. The Bertz CT molecular complexity index is 831. The van der Waals surface area contributed by atoms with Crippen LogP contribution in [-0.4, -0.2) is 17.5 Å². The molecule has 1 nitrogen and oxygen atoms in total. The molecule has 27 heavy (non-hydrogen) atoms. The quantitative estimate of drug-likeness (QED) is 0.253. The Balaban J connectivity index is 1.38. The van der Waals surface area contributed by atoms with E-state index in [1.54, 1.807) is 0 Å². The van der Waals surface area contributed by atoms with E-state index in [4.69, 9.17) is 4.74 Å². The van der Waals surface area contributed by atoms with Crippen LogP contribution in [-0.2, 0) is 4.74 Å². The van der Waals surface area contributed by atoms with Crippen molar-refractivity contribution >= 4 is 22.5 Å². The van der Waals surface area contributed by atoms with Gasteiger partial charge in [-0.15, -0.1) is 11.8 Å². The SMILES string of the molecule is CC(=CCSc1ccc2ccccc2c1)CCC=C(C)CCC1OC1(C)C. The molecule has 1 saturated heterocycles. The molecule has 0 aromatic heterocycles. The predicted molar refractivity (Wildman–Crippen MR) is 120 cm³/mol. The number of benzene rings is 2. The average Bonchev–Trinajstić information content (AvgIpc) is 3.26. The van der Waals surface area contributed by atoms with Gasteiger partial charge in [-0.25, -0.2) is 0 Å². The zero-order valence-electron chi connectivity index (χ0n) is 17.1. The third-order valence-electron chi connectivity index (χ3n) is 5.40. The zero-order valence-corrected chi connectivity index (χ0v) is 17.9. The van der Waals surface area contributed by atoms with Crippen LogP contribution in [0.2, 0.25) is 0 Å². The Morgan fingerprint density at radius 1 is 1.00 bits per heavy atom. The predicted octanol–water partition coefficient (Wildman–Crippen LogP) is 7.56. The maximum Gasteiger partial charge on any atom is 0.0892 e. The van der Waals surface area contributed by atoms with Gasteiger partial charge < -0.3 is 4.74 Å². The number of hydrogen-bond donors (Lipinski definition) is 0. The third-order valence-corrected chi connectivity index (χ3v) is 6.32. The van der Waals surface area contributed by atoms with Gasteiger partial charge in [0.05, 0.1) is 11.7 Å². The van der Waals surface area contributed by atoms with Crippen LogP contribution in [0.15, 0.2) is 70.7 Å². The minimum atomic E-state index is 0.127. The van der Waals surface area contributed by atoms with Gasteiger partial charge in [-0.1, -0.05) is 53.6 Å². The molecule has 0 amide bonds. The van der Waals surface area contributed by atoms with Gasteiger partial charge in [-0.2, -0.15) is 0 Å². The highest BCUT2D eigenvalue weighted by Gasteiger charge is 2.46.